The second-order valence-electron chi connectivity index (χ2n) is 3.32. The molecule has 2 rings (SSSR count). The van der Waals surface area contributed by atoms with Crippen LogP contribution in [0.15, 0.2) is 51.8 Å². The Labute approximate surface area is 113 Å². The summed E-state index contributed by atoms with van der Waals surface area (Å²) in [4.78, 5) is 1.23. The van der Waals surface area contributed by atoms with Gasteiger partial charge in [-0.2, -0.15) is 0 Å². The van der Waals surface area contributed by atoms with Gasteiger partial charge < -0.3 is 0 Å². The third kappa shape index (κ3) is 2.45. The lowest BCUT2D eigenvalue weighted by atomic mass is 10.1. The molecule has 82 valence electrons. The number of hydrogen-bond donors (Lipinski definition) is 0. The predicted molar refractivity (Wildman–Crippen MR) is 76.4 cm³/mol. The predicted octanol–water partition coefficient (Wildman–Crippen LogP) is 5.49. The quantitative estimate of drug-likeness (QED) is 0.660. The van der Waals surface area contributed by atoms with Crippen LogP contribution in [-0.4, -0.2) is 6.26 Å². The zero-order valence-corrected chi connectivity index (χ0v) is 11.9. The van der Waals surface area contributed by atoms with Crippen molar-refractivity contribution in [3.05, 3.63) is 52.0 Å². The highest BCUT2D eigenvalue weighted by atomic mass is 79.9. The van der Waals surface area contributed by atoms with Gasteiger partial charge in [0, 0.05) is 20.0 Å². The van der Waals surface area contributed by atoms with Gasteiger partial charge in [-0.25, -0.2) is 0 Å². The molecule has 0 aromatic heterocycles. The number of thioether (sulfide) groups is 1. The SMILES string of the molecule is CSc1ccc(Br)cc1-c1ccccc1Cl. The summed E-state index contributed by atoms with van der Waals surface area (Å²) in [5.41, 5.74) is 2.25. The Morgan fingerprint density at radius 2 is 1.81 bits per heavy atom. The van der Waals surface area contributed by atoms with Gasteiger partial charge in [-0.05, 0) is 36.1 Å². The summed E-state index contributed by atoms with van der Waals surface area (Å²) in [6.07, 6.45) is 2.07. The van der Waals surface area contributed by atoms with Crippen LogP contribution in [0.3, 0.4) is 0 Å². The first-order valence-electron chi connectivity index (χ1n) is 4.81. The highest BCUT2D eigenvalue weighted by molar-refractivity contribution is 9.10. The van der Waals surface area contributed by atoms with Gasteiger partial charge in [0.1, 0.15) is 0 Å². The van der Waals surface area contributed by atoms with Crippen molar-refractivity contribution in [3.8, 4) is 11.1 Å². The molecule has 0 radical (unpaired) electrons. The average molecular weight is 314 g/mol. The topological polar surface area (TPSA) is 0 Å². The summed E-state index contributed by atoms with van der Waals surface area (Å²) in [7, 11) is 0. The van der Waals surface area contributed by atoms with Crippen LogP contribution >= 0.6 is 39.3 Å². The maximum absolute atomic E-state index is 6.22. The molecule has 0 amide bonds. The Morgan fingerprint density at radius 1 is 1.06 bits per heavy atom. The third-order valence-corrected chi connectivity index (χ3v) is 3.94. The van der Waals surface area contributed by atoms with Crippen molar-refractivity contribution in [3.63, 3.8) is 0 Å². The molecule has 16 heavy (non-hydrogen) atoms. The van der Waals surface area contributed by atoms with Crippen LogP contribution in [0.4, 0.5) is 0 Å². The number of halogens is 2. The fourth-order valence-corrected chi connectivity index (χ4v) is 2.76. The lowest BCUT2D eigenvalue weighted by Gasteiger charge is -2.09. The smallest absolute Gasteiger partial charge is 0.0484 e. The van der Waals surface area contributed by atoms with E-state index in [9.17, 15) is 0 Å². The van der Waals surface area contributed by atoms with Crippen LogP contribution in [0, 0.1) is 0 Å². The minimum Gasteiger partial charge on any atom is -0.129 e. The van der Waals surface area contributed by atoms with E-state index >= 15 is 0 Å². The fourth-order valence-electron chi connectivity index (χ4n) is 1.57. The van der Waals surface area contributed by atoms with E-state index in [1.165, 1.54) is 10.5 Å². The molecular weight excluding hydrogens is 304 g/mol. The Bertz CT molecular complexity index is 511. The van der Waals surface area contributed by atoms with E-state index in [-0.39, 0.29) is 0 Å². The molecule has 0 fully saturated rings. The van der Waals surface area contributed by atoms with E-state index in [1.807, 2.05) is 30.3 Å². The lowest BCUT2D eigenvalue weighted by Crippen LogP contribution is -1.83. The maximum Gasteiger partial charge on any atom is 0.0484 e. The molecule has 0 nitrogen and oxygen atoms in total. The molecule has 0 saturated carbocycles. The summed E-state index contributed by atoms with van der Waals surface area (Å²) >= 11 is 11.4. The monoisotopic (exact) mass is 312 g/mol. The van der Waals surface area contributed by atoms with Gasteiger partial charge in [-0.15, -0.1) is 11.8 Å². The summed E-state index contributed by atoms with van der Waals surface area (Å²) in [6, 6.07) is 14.2. The first kappa shape index (κ1) is 12.0. The van der Waals surface area contributed by atoms with Gasteiger partial charge in [-0.1, -0.05) is 45.7 Å². The highest BCUT2D eigenvalue weighted by Gasteiger charge is 2.08. The molecule has 0 heterocycles. The van der Waals surface area contributed by atoms with Crippen molar-refractivity contribution in [2.45, 2.75) is 4.90 Å². The summed E-state index contributed by atoms with van der Waals surface area (Å²) in [5.74, 6) is 0. The normalized spacial score (nSPS) is 10.4. The fraction of sp³-hybridized carbons (Fsp3) is 0.0769. The van der Waals surface area contributed by atoms with Crippen LogP contribution in [0.5, 0.6) is 0 Å². The molecule has 0 bridgehead atoms. The molecule has 0 aliphatic rings. The van der Waals surface area contributed by atoms with Crippen LogP contribution in [-0.2, 0) is 0 Å². The Balaban J connectivity index is 2.63. The van der Waals surface area contributed by atoms with Gasteiger partial charge in [0.15, 0.2) is 0 Å². The van der Waals surface area contributed by atoms with Crippen LogP contribution in [0.1, 0.15) is 0 Å². The molecule has 0 aliphatic heterocycles. The Hall–Kier alpha value is -0.440. The molecule has 3 heteroatoms. The Kier molecular flexibility index (Phi) is 3.95. The molecule has 0 N–H and O–H groups in total. The molecular formula is C13H10BrClS. The molecule has 0 atom stereocenters. The molecule has 0 unspecified atom stereocenters. The second kappa shape index (κ2) is 5.26. The molecule has 0 spiro atoms. The Morgan fingerprint density at radius 3 is 2.50 bits per heavy atom. The van der Waals surface area contributed by atoms with E-state index < -0.39 is 0 Å². The molecule has 2 aromatic carbocycles. The van der Waals surface area contributed by atoms with Gasteiger partial charge in [0.2, 0.25) is 0 Å². The largest absolute Gasteiger partial charge is 0.129 e. The standard InChI is InChI=1S/C13H10BrClS/c1-16-13-7-6-9(14)8-11(13)10-4-2-3-5-12(10)15/h2-8H,1H3. The van der Waals surface area contributed by atoms with Crippen molar-refractivity contribution >= 4 is 39.3 Å². The number of hydrogen-bond acceptors (Lipinski definition) is 1. The zero-order chi connectivity index (χ0) is 11.5. The van der Waals surface area contributed by atoms with E-state index in [0.717, 1.165) is 15.1 Å². The van der Waals surface area contributed by atoms with Crippen molar-refractivity contribution in [1.29, 1.82) is 0 Å². The van der Waals surface area contributed by atoms with E-state index in [0.29, 0.717) is 0 Å². The van der Waals surface area contributed by atoms with E-state index in [1.54, 1.807) is 11.8 Å². The van der Waals surface area contributed by atoms with Gasteiger partial charge in [0.05, 0.1) is 0 Å². The van der Waals surface area contributed by atoms with E-state index in [4.69, 9.17) is 11.6 Å². The van der Waals surface area contributed by atoms with Crippen molar-refractivity contribution < 1.29 is 0 Å². The van der Waals surface area contributed by atoms with Crippen LogP contribution in [0.25, 0.3) is 11.1 Å². The van der Waals surface area contributed by atoms with Crippen molar-refractivity contribution in [1.82, 2.24) is 0 Å². The van der Waals surface area contributed by atoms with Crippen LogP contribution in [0.2, 0.25) is 5.02 Å². The van der Waals surface area contributed by atoms with Crippen molar-refractivity contribution in [2.24, 2.45) is 0 Å². The average Bonchev–Trinajstić information content (AvgIpc) is 2.29. The van der Waals surface area contributed by atoms with Crippen molar-refractivity contribution in [2.75, 3.05) is 6.26 Å². The molecule has 0 saturated heterocycles. The third-order valence-electron chi connectivity index (χ3n) is 2.33. The van der Waals surface area contributed by atoms with Gasteiger partial charge in [0.25, 0.3) is 0 Å². The summed E-state index contributed by atoms with van der Waals surface area (Å²) in [6.45, 7) is 0. The highest BCUT2D eigenvalue weighted by Crippen LogP contribution is 2.36. The first-order valence-corrected chi connectivity index (χ1v) is 7.20. The van der Waals surface area contributed by atoms with E-state index in [2.05, 4.69) is 34.3 Å². The minimum atomic E-state index is 0.788. The zero-order valence-electron chi connectivity index (χ0n) is 8.71. The number of rotatable bonds is 2. The van der Waals surface area contributed by atoms with Gasteiger partial charge >= 0.3 is 0 Å². The lowest BCUT2D eigenvalue weighted by molar-refractivity contribution is 1.43. The van der Waals surface area contributed by atoms with Gasteiger partial charge in [-0.3, -0.25) is 0 Å². The molecule has 2 aromatic rings. The maximum atomic E-state index is 6.22. The number of benzene rings is 2. The summed E-state index contributed by atoms with van der Waals surface area (Å²) < 4.78 is 1.07. The minimum absolute atomic E-state index is 0.788. The van der Waals surface area contributed by atoms with Crippen LogP contribution < -0.4 is 0 Å². The first-order chi connectivity index (χ1) is 7.72. The second-order valence-corrected chi connectivity index (χ2v) is 5.50. The summed E-state index contributed by atoms with van der Waals surface area (Å²) in [5, 5.41) is 0.788. The molecule has 0 aliphatic carbocycles.